The number of rotatable bonds is 5. The molecule has 1 saturated heterocycles. The molecule has 1 atom stereocenters. The van der Waals surface area contributed by atoms with E-state index in [0.717, 1.165) is 17.8 Å². The van der Waals surface area contributed by atoms with E-state index >= 15 is 0 Å². The molecule has 0 aromatic heterocycles. The third-order valence-electron chi connectivity index (χ3n) is 7.47. The fraction of sp³-hybridized carbons (Fsp3) is 0.762. The Morgan fingerprint density at radius 2 is 1.73 bits per heavy atom. The zero-order chi connectivity index (χ0) is 18.5. The van der Waals surface area contributed by atoms with Crippen LogP contribution in [0.2, 0.25) is 0 Å². The Balaban J connectivity index is 1.54. The van der Waals surface area contributed by atoms with E-state index in [9.17, 15) is 13.2 Å². The van der Waals surface area contributed by atoms with E-state index in [1.165, 1.54) is 44.1 Å². The molecule has 4 bridgehead atoms. The van der Waals surface area contributed by atoms with Gasteiger partial charge in [-0.15, -0.1) is 6.58 Å². The van der Waals surface area contributed by atoms with Gasteiger partial charge in [0.05, 0.1) is 11.5 Å². The summed E-state index contributed by atoms with van der Waals surface area (Å²) in [7, 11) is -3.01. The fourth-order valence-corrected chi connectivity index (χ4v) is 8.32. The summed E-state index contributed by atoms with van der Waals surface area (Å²) >= 11 is 0. The second-order valence-electron chi connectivity index (χ2n) is 9.36. The minimum Gasteiger partial charge on any atom is -0.331 e. The fourth-order valence-electron chi connectivity index (χ4n) is 6.59. The van der Waals surface area contributed by atoms with Gasteiger partial charge in [0, 0.05) is 18.7 Å². The summed E-state index contributed by atoms with van der Waals surface area (Å²) < 4.78 is 23.7. The molecule has 5 fully saturated rings. The van der Waals surface area contributed by atoms with Crippen molar-refractivity contribution in [3.05, 3.63) is 24.3 Å². The van der Waals surface area contributed by atoms with Crippen LogP contribution in [0.25, 0.3) is 0 Å². The van der Waals surface area contributed by atoms with E-state index in [-0.39, 0.29) is 28.9 Å². The van der Waals surface area contributed by atoms with Gasteiger partial charge in [-0.2, -0.15) is 0 Å². The largest absolute Gasteiger partial charge is 0.331 e. The summed E-state index contributed by atoms with van der Waals surface area (Å²) in [6.07, 6.45) is 12.0. The Labute approximate surface area is 157 Å². The Bertz CT molecular complexity index is 701. The quantitative estimate of drug-likeness (QED) is 0.545. The molecule has 4 aliphatic carbocycles. The first-order valence-corrected chi connectivity index (χ1v) is 11.9. The highest BCUT2D eigenvalue weighted by Gasteiger charge is 2.51. The number of sulfone groups is 1. The van der Waals surface area contributed by atoms with E-state index < -0.39 is 9.84 Å². The maximum Gasteiger partial charge on any atom is 0.247 e. The summed E-state index contributed by atoms with van der Waals surface area (Å²) in [5.74, 6) is 2.81. The molecule has 0 N–H and O–H groups in total. The second-order valence-corrected chi connectivity index (χ2v) is 11.6. The average Bonchev–Trinajstić information content (AvgIpc) is 2.90. The van der Waals surface area contributed by atoms with Crippen molar-refractivity contribution in [2.75, 3.05) is 18.1 Å². The van der Waals surface area contributed by atoms with Gasteiger partial charge >= 0.3 is 0 Å². The summed E-state index contributed by atoms with van der Waals surface area (Å²) in [4.78, 5) is 14.8. The van der Waals surface area contributed by atoms with Gasteiger partial charge < -0.3 is 4.90 Å². The van der Waals surface area contributed by atoms with Crippen LogP contribution in [0, 0.1) is 23.2 Å². The highest BCUT2D eigenvalue weighted by Crippen LogP contribution is 2.62. The molecule has 5 rings (SSSR count). The minimum absolute atomic E-state index is 0.0276. The van der Waals surface area contributed by atoms with Crippen LogP contribution in [0.5, 0.6) is 0 Å². The van der Waals surface area contributed by atoms with Crippen molar-refractivity contribution < 1.29 is 13.2 Å². The molecule has 0 unspecified atom stereocenters. The molecule has 1 aliphatic heterocycles. The van der Waals surface area contributed by atoms with Crippen LogP contribution in [0.15, 0.2) is 24.3 Å². The molecule has 4 saturated carbocycles. The number of nitrogens with zero attached hydrogens (tertiary/aromatic N) is 1. The van der Waals surface area contributed by atoms with Crippen LogP contribution in [-0.4, -0.2) is 43.3 Å². The van der Waals surface area contributed by atoms with Gasteiger partial charge in [0.25, 0.3) is 0 Å². The molecule has 1 amide bonds. The maximum atomic E-state index is 13.0. The van der Waals surface area contributed by atoms with Crippen molar-refractivity contribution in [2.45, 2.75) is 57.9 Å². The molecular formula is C21H31NO3S. The first-order chi connectivity index (χ1) is 12.3. The van der Waals surface area contributed by atoms with Gasteiger partial charge in [-0.05, 0) is 75.0 Å². The van der Waals surface area contributed by atoms with Crippen LogP contribution < -0.4 is 0 Å². The molecule has 4 nitrogen and oxygen atoms in total. The van der Waals surface area contributed by atoms with Crippen LogP contribution in [0.4, 0.5) is 0 Å². The number of carbonyl (C=O) groups excluding carboxylic acids is 1. The Morgan fingerprint density at radius 3 is 2.19 bits per heavy atom. The lowest BCUT2D eigenvalue weighted by atomic mass is 9.48. The summed E-state index contributed by atoms with van der Waals surface area (Å²) in [5, 5.41) is 0. The van der Waals surface area contributed by atoms with Crippen molar-refractivity contribution in [3.8, 4) is 0 Å². The molecule has 26 heavy (non-hydrogen) atoms. The topological polar surface area (TPSA) is 54.5 Å². The average molecular weight is 378 g/mol. The number of hydrogen-bond donors (Lipinski definition) is 0. The molecule has 0 aromatic rings. The molecule has 0 aromatic carbocycles. The van der Waals surface area contributed by atoms with E-state index in [0.29, 0.717) is 13.0 Å². The van der Waals surface area contributed by atoms with Crippen molar-refractivity contribution in [1.82, 2.24) is 4.90 Å². The monoisotopic (exact) mass is 377 g/mol. The lowest BCUT2D eigenvalue weighted by Gasteiger charge is -2.57. The molecule has 5 aliphatic rings. The smallest absolute Gasteiger partial charge is 0.247 e. The number of amides is 1. The highest BCUT2D eigenvalue weighted by molar-refractivity contribution is 7.91. The zero-order valence-corrected chi connectivity index (χ0v) is 16.6. The predicted octanol–water partition coefficient (Wildman–Crippen LogP) is 3.35. The van der Waals surface area contributed by atoms with Crippen molar-refractivity contribution in [1.29, 1.82) is 0 Å². The summed E-state index contributed by atoms with van der Waals surface area (Å²) in [6.45, 7) is 6.32. The normalized spacial score (nSPS) is 40.6. The van der Waals surface area contributed by atoms with Gasteiger partial charge in [0.15, 0.2) is 9.84 Å². The SMILES string of the molecule is C=CCN(C(=O)/C=C(/C)C12CC3CC(CC(C3)C1)C2)[C@H]1CCS(=O)(=O)C1. The molecular weight excluding hydrogens is 346 g/mol. The van der Waals surface area contributed by atoms with Crippen LogP contribution in [-0.2, 0) is 14.6 Å². The maximum absolute atomic E-state index is 13.0. The van der Waals surface area contributed by atoms with E-state index in [1.54, 1.807) is 11.0 Å². The van der Waals surface area contributed by atoms with Crippen molar-refractivity contribution in [2.24, 2.45) is 23.2 Å². The first kappa shape index (κ1) is 18.3. The van der Waals surface area contributed by atoms with Crippen LogP contribution >= 0.6 is 0 Å². The lowest BCUT2D eigenvalue weighted by molar-refractivity contribution is -0.127. The van der Waals surface area contributed by atoms with Gasteiger partial charge in [-0.1, -0.05) is 11.6 Å². The summed E-state index contributed by atoms with van der Waals surface area (Å²) in [5.41, 5.74) is 1.46. The van der Waals surface area contributed by atoms with Crippen molar-refractivity contribution in [3.63, 3.8) is 0 Å². The van der Waals surface area contributed by atoms with E-state index in [1.807, 2.05) is 6.08 Å². The van der Waals surface area contributed by atoms with Crippen LogP contribution in [0.3, 0.4) is 0 Å². The first-order valence-electron chi connectivity index (χ1n) is 10.1. The number of allylic oxidation sites excluding steroid dienone is 1. The zero-order valence-electron chi connectivity index (χ0n) is 15.8. The summed E-state index contributed by atoms with van der Waals surface area (Å²) in [6, 6.07) is -0.203. The Hall–Kier alpha value is -1.10. The number of hydrogen-bond acceptors (Lipinski definition) is 3. The third kappa shape index (κ3) is 3.28. The third-order valence-corrected chi connectivity index (χ3v) is 9.22. The second kappa shape index (κ2) is 6.50. The Morgan fingerprint density at radius 1 is 1.15 bits per heavy atom. The molecule has 5 heteroatoms. The molecule has 1 heterocycles. The highest BCUT2D eigenvalue weighted by atomic mass is 32.2. The van der Waals surface area contributed by atoms with Gasteiger partial charge in [0.1, 0.15) is 0 Å². The van der Waals surface area contributed by atoms with Gasteiger partial charge in [0.2, 0.25) is 5.91 Å². The van der Waals surface area contributed by atoms with Crippen molar-refractivity contribution >= 4 is 15.7 Å². The lowest BCUT2D eigenvalue weighted by Crippen LogP contribution is -2.47. The Kier molecular flexibility index (Phi) is 4.57. The predicted molar refractivity (Wildman–Crippen MR) is 103 cm³/mol. The van der Waals surface area contributed by atoms with E-state index in [2.05, 4.69) is 13.5 Å². The van der Waals surface area contributed by atoms with Gasteiger partial charge in [-0.25, -0.2) is 8.42 Å². The molecule has 0 radical (unpaired) electrons. The molecule has 144 valence electrons. The van der Waals surface area contributed by atoms with Crippen LogP contribution in [0.1, 0.15) is 51.9 Å². The van der Waals surface area contributed by atoms with Gasteiger partial charge in [-0.3, -0.25) is 4.79 Å². The standard InChI is InChI=1S/C21H31NO3S/c1-3-5-22(19-4-6-26(24,25)14-19)20(23)7-15(2)21-11-16-8-17(12-21)10-18(9-16)13-21/h3,7,16-19H,1,4-6,8-14H2,2H3/b15-7-/t16?,17?,18?,19-,21?/m0/s1. The minimum atomic E-state index is -3.01. The van der Waals surface area contributed by atoms with E-state index in [4.69, 9.17) is 0 Å². The number of carbonyl (C=O) groups is 1. The molecule has 0 spiro atoms.